The van der Waals surface area contributed by atoms with Gasteiger partial charge in [-0.05, 0) is 6.42 Å². The number of carboxylic acid groups (broad SMARTS) is 1. The Labute approximate surface area is 112 Å². The van der Waals surface area contributed by atoms with Crippen molar-refractivity contribution < 1.29 is 9.90 Å². The Kier molecular flexibility index (Phi) is 12.3. The van der Waals surface area contributed by atoms with Crippen LogP contribution >= 0.6 is 15.9 Å². The van der Waals surface area contributed by atoms with Crippen molar-refractivity contribution in [3.05, 3.63) is 0 Å². The second-order valence-corrected chi connectivity index (χ2v) is 3.05. The average Bonchev–Trinajstić information content (AvgIpc) is 1.82. The van der Waals surface area contributed by atoms with Crippen molar-refractivity contribution >= 4 is 73.3 Å². The summed E-state index contributed by atoms with van der Waals surface area (Å²) in [6.07, 6.45) is 2.75. The molecule has 0 fully saturated rings. The Balaban J connectivity index is 0. The normalized spacial score (nSPS) is 11.8. The molecule has 0 aliphatic rings. The zero-order valence-electron chi connectivity index (χ0n) is 5.43. The Hall–Kier alpha value is 1.59. The van der Waals surface area contributed by atoms with Gasteiger partial charge in [0.1, 0.15) is 4.83 Å². The van der Waals surface area contributed by atoms with E-state index in [1.165, 1.54) is 0 Å². The number of rotatable bonds is 4. The van der Waals surface area contributed by atoms with Crippen molar-refractivity contribution in [1.82, 2.24) is 0 Å². The topological polar surface area (TPSA) is 37.3 Å². The van der Waals surface area contributed by atoms with Gasteiger partial charge in [-0.1, -0.05) is 35.7 Å². The van der Waals surface area contributed by atoms with Gasteiger partial charge in [-0.3, -0.25) is 4.79 Å². The number of aliphatic carboxylic acids is 1. The molecular weight excluding hydrogens is 223 g/mol. The van der Waals surface area contributed by atoms with Crippen LogP contribution in [-0.4, -0.2) is 67.3 Å². The van der Waals surface area contributed by atoms with E-state index in [-0.39, 0.29) is 56.2 Å². The SMILES string of the molecule is CCCCC(Br)C(=O)O.[KH]. The molecule has 1 atom stereocenters. The minimum atomic E-state index is -0.761. The van der Waals surface area contributed by atoms with E-state index in [1.807, 2.05) is 6.92 Å². The van der Waals surface area contributed by atoms with Gasteiger partial charge in [0, 0.05) is 0 Å². The molecule has 4 heteroatoms. The number of hydrogen-bond acceptors (Lipinski definition) is 1. The van der Waals surface area contributed by atoms with Crippen LogP contribution in [0.3, 0.4) is 0 Å². The fraction of sp³-hybridized carbons (Fsp3) is 0.833. The molecule has 0 heterocycles. The molecular formula is C6H12BrKO2. The Morgan fingerprint density at radius 1 is 1.70 bits per heavy atom. The van der Waals surface area contributed by atoms with Crippen LogP contribution in [0.5, 0.6) is 0 Å². The molecule has 2 nitrogen and oxygen atoms in total. The summed E-state index contributed by atoms with van der Waals surface area (Å²) in [5.74, 6) is -0.761. The van der Waals surface area contributed by atoms with Crippen LogP contribution in [0, 0.1) is 0 Å². The third-order valence-corrected chi connectivity index (χ3v) is 1.93. The summed E-state index contributed by atoms with van der Waals surface area (Å²) in [5, 5.41) is 8.36. The molecule has 1 N–H and O–H groups in total. The molecule has 0 amide bonds. The van der Waals surface area contributed by atoms with E-state index in [4.69, 9.17) is 5.11 Å². The van der Waals surface area contributed by atoms with Crippen molar-refractivity contribution in [3.63, 3.8) is 0 Å². The predicted molar refractivity (Wildman–Crippen MR) is 47.0 cm³/mol. The Morgan fingerprint density at radius 3 is 2.50 bits per heavy atom. The molecule has 0 radical (unpaired) electrons. The maximum absolute atomic E-state index is 10.2. The third kappa shape index (κ3) is 7.69. The zero-order valence-corrected chi connectivity index (χ0v) is 7.02. The minimum absolute atomic E-state index is 0. The summed E-state index contributed by atoms with van der Waals surface area (Å²) < 4.78 is 0. The van der Waals surface area contributed by atoms with Gasteiger partial charge in [0.05, 0.1) is 0 Å². The van der Waals surface area contributed by atoms with Gasteiger partial charge in [-0.15, -0.1) is 0 Å². The van der Waals surface area contributed by atoms with Gasteiger partial charge in [0.25, 0.3) is 0 Å². The first-order valence-electron chi connectivity index (χ1n) is 3.05. The van der Waals surface area contributed by atoms with Crippen molar-refractivity contribution in [1.29, 1.82) is 0 Å². The molecule has 0 rings (SSSR count). The van der Waals surface area contributed by atoms with E-state index < -0.39 is 5.97 Å². The molecule has 0 spiro atoms. The monoisotopic (exact) mass is 234 g/mol. The first kappa shape index (κ1) is 14.1. The van der Waals surface area contributed by atoms with Crippen LogP contribution in [0.2, 0.25) is 0 Å². The van der Waals surface area contributed by atoms with Crippen LogP contribution < -0.4 is 0 Å². The molecule has 0 aromatic carbocycles. The Morgan fingerprint density at radius 2 is 2.20 bits per heavy atom. The maximum atomic E-state index is 10.2. The summed E-state index contributed by atoms with van der Waals surface area (Å²) in [7, 11) is 0. The number of carbonyl (C=O) groups is 1. The van der Waals surface area contributed by atoms with Crippen molar-refractivity contribution in [2.24, 2.45) is 0 Å². The number of halogens is 1. The second-order valence-electron chi connectivity index (χ2n) is 1.95. The van der Waals surface area contributed by atoms with Crippen molar-refractivity contribution in [2.75, 3.05) is 0 Å². The van der Waals surface area contributed by atoms with Gasteiger partial charge in [-0.2, -0.15) is 0 Å². The van der Waals surface area contributed by atoms with Crippen LogP contribution in [0.15, 0.2) is 0 Å². The second kappa shape index (κ2) is 8.68. The number of unbranched alkanes of at least 4 members (excludes halogenated alkanes) is 1. The van der Waals surface area contributed by atoms with Gasteiger partial charge in [0.15, 0.2) is 0 Å². The van der Waals surface area contributed by atoms with E-state index in [2.05, 4.69) is 15.9 Å². The van der Waals surface area contributed by atoms with Crippen molar-refractivity contribution in [3.8, 4) is 0 Å². The first-order valence-corrected chi connectivity index (χ1v) is 3.97. The van der Waals surface area contributed by atoms with E-state index in [9.17, 15) is 4.79 Å². The van der Waals surface area contributed by atoms with Gasteiger partial charge in [0.2, 0.25) is 0 Å². The van der Waals surface area contributed by atoms with Crippen LogP contribution in [0.25, 0.3) is 0 Å². The number of carboxylic acids is 1. The molecule has 0 saturated carbocycles. The molecule has 0 bridgehead atoms. The van der Waals surface area contributed by atoms with Gasteiger partial charge in [-0.25, -0.2) is 0 Å². The van der Waals surface area contributed by atoms with Crippen molar-refractivity contribution in [2.45, 2.75) is 31.0 Å². The van der Waals surface area contributed by atoms with Crippen LogP contribution in [0.4, 0.5) is 0 Å². The third-order valence-electron chi connectivity index (χ3n) is 1.08. The molecule has 10 heavy (non-hydrogen) atoms. The average molecular weight is 235 g/mol. The molecule has 0 saturated heterocycles. The fourth-order valence-electron chi connectivity index (χ4n) is 0.507. The Bertz CT molecular complexity index is 97.7. The number of hydrogen-bond donors (Lipinski definition) is 1. The van der Waals surface area contributed by atoms with E-state index in [0.29, 0.717) is 0 Å². The quantitative estimate of drug-likeness (QED) is 0.590. The zero-order chi connectivity index (χ0) is 7.28. The summed E-state index contributed by atoms with van der Waals surface area (Å²) in [6.45, 7) is 2.04. The standard InChI is InChI=1S/C6H11BrO2.K.H/c1-2-3-4-5(7)6(8)9;;/h5H,2-4H2,1H3,(H,8,9);;. The van der Waals surface area contributed by atoms with Crippen LogP contribution in [-0.2, 0) is 4.79 Å². The summed E-state index contributed by atoms with van der Waals surface area (Å²) in [4.78, 5) is 9.81. The molecule has 0 aromatic heterocycles. The molecule has 0 aliphatic carbocycles. The summed E-state index contributed by atoms with van der Waals surface area (Å²) >= 11 is 3.04. The van der Waals surface area contributed by atoms with Gasteiger partial charge >= 0.3 is 57.4 Å². The van der Waals surface area contributed by atoms with E-state index in [1.54, 1.807) is 0 Å². The van der Waals surface area contributed by atoms with Gasteiger partial charge < -0.3 is 5.11 Å². The van der Waals surface area contributed by atoms with E-state index >= 15 is 0 Å². The molecule has 0 aliphatic heterocycles. The first-order chi connectivity index (χ1) is 4.18. The number of alkyl halides is 1. The predicted octanol–water partition coefficient (Wildman–Crippen LogP) is 1.38. The molecule has 56 valence electrons. The fourth-order valence-corrected chi connectivity index (χ4v) is 0.831. The molecule has 1 unspecified atom stereocenters. The van der Waals surface area contributed by atoms with Crippen LogP contribution in [0.1, 0.15) is 26.2 Å². The summed E-state index contributed by atoms with van der Waals surface area (Å²) in [6, 6.07) is 0. The molecule has 0 aromatic rings. The summed E-state index contributed by atoms with van der Waals surface area (Å²) in [5.41, 5.74) is 0. The van der Waals surface area contributed by atoms with E-state index in [0.717, 1.165) is 19.3 Å².